The first-order valence-corrected chi connectivity index (χ1v) is 6.48. The summed E-state index contributed by atoms with van der Waals surface area (Å²) in [5.74, 6) is -0.354. The van der Waals surface area contributed by atoms with Gasteiger partial charge in [0.25, 0.3) is 0 Å². The van der Waals surface area contributed by atoms with Crippen molar-refractivity contribution in [1.82, 2.24) is 0 Å². The van der Waals surface area contributed by atoms with Crippen LogP contribution in [0.1, 0.15) is 13.3 Å². The van der Waals surface area contributed by atoms with Gasteiger partial charge in [-0.1, -0.05) is 35.0 Å². The first kappa shape index (κ1) is 12.9. The second-order valence-corrected chi connectivity index (χ2v) is 4.92. The first-order chi connectivity index (χ1) is 8.60. The van der Waals surface area contributed by atoms with Crippen molar-refractivity contribution in [2.24, 2.45) is 0 Å². The van der Waals surface area contributed by atoms with Crippen LogP contribution in [0.15, 0.2) is 40.9 Å². The highest BCUT2D eigenvalue weighted by molar-refractivity contribution is 9.10. The van der Waals surface area contributed by atoms with E-state index in [-0.39, 0.29) is 0 Å². The van der Waals surface area contributed by atoms with Crippen LogP contribution in [0, 0.1) is 0 Å². The number of hydrogen-bond acceptors (Lipinski definition) is 2. The zero-order chi connectivity index (χ0) is 13.1. The van der Waals surface area contributed by atoms with Crippen LogP contribution >= 0.6 is 15.9 Å². The Bertz CT molecular complexity index is 580. The molecule has 2 aromatic rings. The Morgan fingerprint density at radius 3 is 2.61 bits per heavy atom. The quantitative estimate of drug-likeness (QED) is 0.933. The monoisotopic (exact) mass is 308 g/mol. The number of carbonyl (C=O) groups is 1. The molecule has 94 valence electrons. The third kappa shape index (κ3) is 2.82. The third-order valence-corrected chi connectivity index (χ3v) is 3.19. The van der Waals surface area contributed by atoms with Crippen LogP contribution in [0.3, 0.4) is 0 Å². The van der Waals surface area contributed by atoms with Gasteiger partial charge in [-0.2, -0.15) is 0 Å². The Morgan fingerprint density at radius 2 is 1.94 bits per heavy atom. The summed E-state index contributed by atoms with van der Waals surface area (Å²) in [6.45, 7) is 1.79. The van der Waals surface area contributed by atoms with Crippen LogP contribution in [0.25, 0.3) is 10.8 Å². The highest BCUT2D eigenvalue weighted by Gasteiger charge is 2.16. The van der Waals surface area contributed by atoms with Gasteiger partial charge in [-0.15, -0.1) is 0 Å². The standard InChI is InChI=1S/C14H13BrO3/c1-2-13(14(16)17)18-12-6-4-9-7-11(15)5-3-10(9)8-12/h3-8,13H,2H2,1H3,(H,16,17). The average Bonchev–Trinajstić information content (AvgIpc) is 2.35. The van der Waals surface area contributed by atoms with E-state index in [4.69, 9.17) is 9.84 Å². The third-order valence-electron chi connectivity index (χ3n) is 2.70. The largest absolute Gasteiger partial charge is 0.479 e. The summed E-state index contributed by atoms with van der Waals surface area (Å²) < 4.78 is 6.47. The molecule has 0 amide bonds. The molecule has 0 heterocycles. The van der Waals surface area contributed by atoms with E-state index in [9.17, 15) is 4.79 Å². The Morgan fingerprint density at radius 1 is 1.28 bits per heavy atom. The summed E-state index contributed by atoms with van der Waals surface area (Å²) in [5, 5.41) is 11.1. The molecule has 0 bridgehead atoms. The number of aliphatic carboxylic acids is 1. The number of carboxylic acid groups (broad SMARTS) is 1. The lowest BCUT2D eigenvalue weighted by molar-refractivity contribution is -0.145. The summed E-state index contributed by atoms with van der Waals surface area (Å²) in [6.07, 6.45) is -0.355. The van der Waals surface area contributed by atoms with Crippen molar-refractivity contribution in [3.63, 3.8) is 0 Å². The summed E-state index contributed by atoms with van der Waals surface area (Å²) in [5.41, 5.74) is 0. The molecule has 0 fully saturated rings. The lowest BCUT2D eigenvalue weighted by Crippen LogP contribution is -2.25. The van der Waals surface area contributed by atoms with Gasteiger partial charge in [0.15, 0.2) is 6.10 Å². The highest BCUT2D eigenvalue weighted by atomic mass is 79.9. The smallest absolute Gasteiger partial charge is 0.344 e. The number of carboxylic acids is 1. The SMILES string of the molecule is CCC(Oc1ccc2cc(Br)ccc2c1)C(=O)O. The highest BCUT2D eigenvalue weighted by Crippen LogP contribution is 2.25. The molecule has 1 unspecified atom stereocenters. The molecule has 0 aromatic heterocycles. The van der Waals surface area contributed by atoms with Crippen molar-refractivity contribution in [3.8, 4) is 5.75 Å². The van der Waals surface area contributed by atoms with Gasteiger partial charge in [-0.3, -0.25) is 0 Å². The fraction of sp³-hybridized carbons (Fsp3) is 0.214. The second kappa shape index (κ2) is 5.40. The maximum absolute atomic E-state index is 10.9. The van der Waals surface area contributed by atoms with Crippen LogP contribution in [-0.4, -0.2) is 17.2 Å². The van der Waals surface area contributed by atoms with Crippen LogP contribution in [0.5, 0.6) is 5.75 Å². The van der Waals surface area contributed by atoms with E-state index >= 15 is 0 Å². The summed E-state index contributed by atoms with van der Waals surface area (Å²) in [4.78, 5) is 10.9. The van der Waals surface area contributed by atoms with Gasteiger partial charge in [-0.25, -0.2) is 4.79 Å². The van der Waals surface area contributed by atoms with Crippen molar-refractivity contribution in [1.29, 1.82) is 0 Å². The minimum Gasteiger partial charge on any atom is -0.479 e. The molecule has 1 N–H and O–H groups in total. The lowest BCUT2D eigenvalue weighted by atomic mass is 10.1. The fourth-order valence-corrected chi connectivity index (χ4v) is 2.12. The van der Waals surface area contributed by atoms with Gasteiger partial charge in [0.1, 0.15) is 5.75 Å². The van der Waals surface area contributed by atoms with Crippen molar-refractivity contribution < 1.29 is 14.6 Å². The topological polar surface area (TPSA) is 46.5 Å². The van der Waals surface area contributed by atoms with Gasteiger partial charge in [0.2, 0.25) is 0 Å². The molecule has 1 atom stereocenters. The van der Waals surface area contributed by atoms with Crippen LogP contribution in [-0.2, 0) is 4.79 Å². The average molecular weight is 309 g/mol. The van der Waals surface area contributed by atoms with Crippen molar-refractivity contribution >= 4 is 32.7 Å². The van der Waals surface area contributed by atoms with Gasteiger partial charge in [0.05, 0.1) is 0 Å². The van der Waals surface area contributed by atoms with Crippen LogP contribution in [0.4, 0.5) is 0 Å². The normalized spacial score (nSPS) is 12.3. The number of ether oxygens (including phenoxy) is 1. The number of halogens is 1. The molecule has 0 radical (unpaired) electrons. The molecule has 2 rings (SSSR count). The molecule has 0 aliphatic heterocycles. The van der Waals surface area contributed by atoms with Crippen molar-refractivity contribution in [2.75, 3.05) is 0 Å². The predicted molar refractivity (Wildman–Crippen MR) is 74.0 cm³/mol. The Kier molecular flexibility index (Phi) is 3.87. The number of rotatable bonds is 4. The zero-order valence-electron chi connectivity index (χ0n) is 9.89. The molecule has 0 spiro atoms. The second-order valence-electron chi connectivity index (χ2n) is 4.01. The molecule has 0 saturated carbocycles. The van der Waals surface area contributed by atoms with Gasteiger partial charge < -0.3 is 9.84 Å². The van der Waals surface area contributed by atoms with E-state index in [1.54, 1.807) is 13.0 Å². The Hall–Kier alpha value is -1.55. The van der Waals surface area contributed by atoms with E-state index < -0.39 is 12.1 Å². The molecule has 0 aliphatic carbocycles. The summed E-state index contributed by atoms with van der Waals surface area (Å²) in [7, 11) is 0. The molecule has 2 aromatic carbocycles. The first-order valence-electron chi connectivity index (χ1n) is 5.69. The number of fused-ring (bicyclic) bond motifs is 1. The van der Waals surface area contributed by atoms with E-state index in [1.165, 1.54) is 0 Å². The van der Waals surface area contributed by atoms with Crippen molar-refractivity contribution in [2.45, 2.75) is 19.4 Å². The Balaban J connectivity index is 2.30. The van der Waals surface area contributed by atoms with Gasteiger partial charge in [-0.05, 0) is 41.5 Å². The van der Waals surface area contributed by atoms with Gasteiger partial charge in [0, 0.05) is 4.47 Å². The molecule has 18 heavy (non-hydrogen) atoms. The van der Waals surface area contributed by atoms with E-state index in [0.29, 0.717) is 12.2 Å². The molecule has 0 aliphatic rings. The minimum atomic E-state index is -0.937. The van der Waals surface area contributed by atoms with Crippen LogP contribution < -0.4 is 4.74 Å². The Labute approximate surface area is 114 Å². The molecule has 0 saturated heterocycles. The summed E-state index contributed by atoms with van der Waals surface area (Å²) >= 11 is 3.41. The van der Waals surface area contributed by atoms with Crippen molar-refractivity contribution in [3.05, 3.63) is 40.9 Å². The molecule has 3 nitrogen and oxygen atoms in total. The maximum Gasteiger partial charge on any atom is 0.344 e. The maximum atomic E-state index is 10.9. The lowest BCUT2D eigenvalue weighted by Gasteiger charge is -2.13. The summed E-state index contributed by atoms with van der Waals surface area (Å²) in [6, 6.07) is 11.5. The number of benzene rings is 2. The minimum absolute atomic E-state index is 0.438. The fourth-order valence-electron chi connectivity index (χ4n) is 1.74. The van der Waals surface area contributed by atoms with Crippen LogP contribution in [0.2, 0.25) is 0 Å². The van der Waals surface area contributed by atoms with E-state index in [1.807, 2.05) is 30.3 Å². The molecule has 4 heteroatoms. The van der Waals surface area contributed by atoms with Gasteiger partial charge >= 0.3 is 5.97 Å². The zero-order valence-corrected chi connectivity index (χ0v) is 11.5. The molecular weight excluding hydrogens is 296 g/mol. The molecular formula is C14H13BrO3. The number of hydrogen-bond donors (Lipinski definition) is 1. The van der Waals surface area contributed by atoms with E-state index in [0.717, 1.165) is 15.2 Å². The predicted octanol–water partition coefficient (Wildman–Crippen LogP) is 3.84. The van der Waals surface area contributed by atoms with E-state index in [2.05, 4.69) is 15.9 Å².